The first-order valence-corrected chi connectivity index (χ1v) is 13.0. The summed E-state index contributed by atoms with van der Waals surface area (Å²) < 4.78 is 34.2. The minimum Gasteiger partial charge on any atom is -0.487 e. The number of alkyl halides is 2. The van der Waals surface area contributed by atoms with Crippen LogP contribution in [0.25, 0.3) is 0 Å². The van der Waals surface area contributed by atoms with E-state index in [1.807, 2.05) is 11.9 Å². The van der Waals surface area contributed by atoms with E-state index in [1.165, 1.54) is 7.05 Å². The van der Waals surface area contributed by atoms with Crippen LogP contribution in [0.2, 0.25) is 5.02 Å². The second-order valence-corrected chi connectivity index (χ2v) is 10.4. The normalized spacial score (nSPS) is 22.3. The minimum atomic E-state index is -2.75. The molecule has 12 heteroatoms. The maximum atomic E-state index is 13.8. The monoisotopic (exact) mass is 536 g/mol. The summed E-state index contributed by atoms with van der Waals surface area (Å²) in [7, 11) is 3.37. The molecule has 200 valence electrons. The predicted molar refractivity (Wildman–Crippen MR) is 131 cm³/mol. The maximum absolute atomic E-state index is 13.8. The molecule has 1 aromatic heterocycles. The van der Waals surface area contributed by atoms with Gasteiger partial charge in [-0.2, -0.15) is 0 Å². The molecule has 37 heavy (non-hydrogen) atoms. The standard InChI is InChI=1S/C25H31ClF2N6O3/c1-31-10-3-5-18(31)25(36)34-12-9-15-16(26)7-8-20(22(15)19(34)13-33-11-4-6-21(33)35)37-14-17-23(24(27)28)32(2)30-29-17/h7-8,18-19,24H,3-6,9-14H2,1-2H3/t18?,19-/m1/s1. The Morgan fingerprint density at radius 1 is 1.19 bits per heavy atom. The predicted octanol–water partition coefficient (Wildman–Crippen LogP) is 3.13. The molecule has 0 saturated carbocycles. The third-order valence-electron chi connectivity index (χ3n) is 7.74. The molecular formula is C25H31ClF2N6O3. The van der Waals surface area contributed by atoms with E-state index in [-0.39, 0.29) is 35.9 Å². The van der Waals surface area contributed by atoms with Gasteiger partial charge in [-0.05, 0) is 57.0 Å². The van der Waals surface area contributed by atoms with Crippen LogP contribution in [-0.4, -0.2) is 80.8 Å². The van der Waals surface area contributed by atoms with E-state index < -0.39 is 12.5 Å². The molecule has 2 amide bonds. The minimum absolute atomic E-state index is 0.0298. The van der Waals surface area contributed by atoms with E-state index in [0.717, 1.165) is 41.6 Å². The maximum Gasteiger partial charge on any atom is 0.282 e. The Kier molecular flexibility index (Phi) is 7.35. The van der Waals surface area contributed by atoms with Gasteiger partial charge < -0.3 is 14.5 Å². The summed E-state index contributed by atoms with van der Waals surface area (Å²) in [5.74, 6) is 0.532. The van der Waals surface area contributed by atoms with Crippen molar-refractivity contribution < 1.29 is 23.1 Å². The zero-order chi connectivity index (χ0) is 26.3. The van der Waals surface area contributed by atoms with Gasteiger partial charge in [-0.25, -0.2) is 13.5 Å². The number of ether oxygens (including phenoxy) is 1. The highest BCUT2D eigenvalue weighted by atomic mass is 35.5. The zero-order valence-electron chi connectivity index (χ0n) is 21.0. The third kappa shape index (κ3) is 4.90. The molecule has 3 aliphatic rings. The number of carbonyl (C=O) groups excluding carboxylic acids is 2. The van der Waals surface area contributed by atoms with Crippen LogP contribution in [0.3, 0.4) is 0 Å². The molecule has 2 saturated heterocycles. The van der Waals surface area contributed by atoms with Gasteiger partial charge in [0.25, 0.3) is 6.43 Å². The van der Waals surface area contributed by atoms with Gasteiger partial charge >= 0.3 is 0 Å². The molecule has 9 nitrogen and oxygen atoms in total. The van der Waals surface area contributed by atoms with E-state index in [2.05, 4.69) is 15.2 Å². The lowest BCUT2D eigenvalue weighted by Crippen LogP contribution is -2.51. The number of halogens is 3. The molecular weight excluding hydrogens is 506 g/mol. The fourth-order valence-electron chi connectivity index (χ4n) is 5.80. The van der Waals surface area contributed by atoms with Crippen LogP contribution in [0.1, 0.15) is 60.7 Å². The van der Waals surface area contributed by atoms with Crippen molar-refractivity contribution in [3.63, 3.8) is 0 Å². The summed E-state index contributed by atoms with van der Waals surface area (Å²) in [4.78, 5) is 32.1. The van der Waals surface area contributed by atoms with Gasteiger partial charge in [0.15, 0.2) is 0 Å². The second-order valence-electron chi connectivity index (χ2n) is 9.95. The highest BCUT2D eigenvalue weighted by Gasteiger charge is 2.41. The van der Waals surface area contributed by atoms with E-state index in [4.69, 9.17) is 16.3 Å². The van der Waals surface area contributed by atoms with Crippen molar-refractivity contribution in [3.05, 3.63) is 39.7 Å². The molecule has 0 spiro atoms. The molecule has 2 atom stereocenters. The lowest BCUT2D eigenvalue weighted by molar-refractivity contribution is -0.140. The topological polar surface area (TPSA) is 83.8 Å². The summed E-state index contributed by atoms with van der Waals surface area (Å²) in [6, 6.07) is 2.75. The summed E-state index contributed by atoms with van der Waals surface area (Å²) in [5.41, 5.74) is 1.33. The van der Waals surface area contributed by atoms with Crippen LogP contribution in [0.5, 0.6) is 5.75 Å². The average molecular weight is 537 g/mol. The lowest BCUT2D eigenvalue weighted by atomic mass is 9.90. The molecule has 2 fully saturated rings. The van der Waals surface area contributed by atoms with Crippen molar-refractivity contribution in [3.8, 4) is 5.75 Å². The van der Waals surface area contributed by atoms with Crippen molar-refractivity contribution >= 4 is 23.4 Å². The van der Waals surface area contributed by atoms with Gasteiger partial charge in [0.2, 0.25) is 11.8 Å². The van der Waals surface area contributed by atoms with Gasteiger partial charge in [0.1, 0.15) is 23.7 Å². The molecule has 0 aliphatic carbocycles. The summed E-state index contributed by atoms with van der Waals surface area (Å²) in [6.07, 6.45) is 0.794. The highest BCUT2D eigenvalue weighted by Crippen LogP contribution is 2.42. The van der Waals surface area contributed by atoms with Crippen molar-refractivity contribution in [2.24, 2.45) is 7.05 Å². The summed E-state index contributed by atoms with van der Waals surface area (Å²) in [5, 5.41) is 8.12. The van der Waals surface area contributed by atoms with Crippen LogP contribution in [0, 0.1) is 0 Å². The molecule has 4 heterocycles. The summed E-state index contributed by atoms with van der Waals surface area (Å²) in [6.45, 7) is 2.09. The number of hydrogen-bond acceptors (Lipinski definition) is 6. The molecule has 0 N–H and O–H groups in total. The van der Waals surface area contributed by atoms with Crippen LogP contribution in [0.4, 0.5) is 8.78 Å². The Balaban J connectivity index is 1.51. The smallest absolute Gasteiger partial charge is 0.282 e. The van der Waals surface area contributed by atoms with Gasteiger partial charge in [-0.3, -0.25) is 14.5 Å². The van der Waals surface area contributed by atoms with Crippen LogP contribution < -0.4 is 4.74 Å². The fourth-order valence-corrected chi connectivity index (χ4v) is 6.06. The van der Waals surface area contributed by atoms with Crippen molar-refractivity contribution in [2.75, 3.05) is 33.2 Å². The van der Waals surface area contributed by atoms with E-state index in [9.17, 15) is 18.4 Å². The number of aromatic nitrogens is 3. The first-order chi connectivity index (χ1) is 17.8. The summed E-state index contributed by atoms with van der Waals surface area (Å²) >= 11 is 6.62. The number of rotatable bonds is 7. The Bertz CT molecular complexity index is 1190. The van der Waals surface area contributed by atoms with Gasteiger partial charge in [-0.15, -0.1) is 5.10 Å². The molecule has 3 aliphatic heterocycles. The SMILES string of the molecule is CN1CCCC1C(=O)N1CCc2c(Cl)ccc(OCc3nnn(C)c3C(F)F)c2[C@H]1CN1CCCC1=O. The Hall–Kier alpha value is -2.79. The number of likely N-dealkylation sites (tertiary alicyclic amines) is 2. The Morgan fingerprint density at radius 3 is 2.68 bits per heavy atom. The van der Waals surface area contributed by atoms with Crippen molar-refractivity contribution in [2.45, 2.75) is 57.2 Å². The Labute approximate surface area is 219 Å². The number of benzene rings is 1. The van der Waals surface area contributed by atoms with Gasteiger partial charge in [0.05, 0.1) is 12.1 Å². The molecule has 2 aromatic rings. The molecule has 0 radical (unpaired) electrons. The number of carbonyl (C=O) groups is 2. The van der Waals surface area contributed by atoms with Gasteiger partial charge in [-0.1, -0.05) is 16.8 Å². The molecule has 1 unspecified atom stereocenters. The quantitative estimate of drug-likeness (QED) is 0.541. The van der Waals surface area contributed by atoms with Crippen LogP contribution >= 0.6 is 11.6 Å². The van der Waals surface area contributed by atoms with Crippen molar-refractivity contribution in [1.82, 2.24) is 29.7 Å². The second kappa shape index (κ2) is 10.5. The van der Waals surface area contributed by atoms with Gasteiger partial charge in [0, 0.05) is 43.7 Å². The number of likely N-dealkylation sites (N-methyl/N-ethyl adjacent to an activating group) is 1. The molecule has 0 bridgehead atoms. The van der Waals surface area contributed by atoms with E-state index in [0.29, 0.717) is 43.2 Å². The third-order valence-corrected chi connectivity index (χ3v) is 8.09. The number of amides is 2. The largest absolute Gasteiger partial charge is 0.487 e. The van der Waals surface area contributed by atoms with Crippen LogP contribution in [0.15, 0.2) is 12.1 Å². The zero-order valence-corrected chi connectivity index (χ0v) is 21.8. The first kappa shape index (κ1) is 25.8. The van der Waals surface area contributed by atoms with E-state index in [1.54, 1.807) is 17.0 Å². The fraction of sp³-hybridized carbons (Fsp3) is 0.600. The number of nitrogens with zero attached hydrogens (tertiary/aromatic N) is 6. The Morgan fingerprint density at radius 2 is 2.00 bits per heavy atom. The molecule has 1 aromatic carbocycles. The van der Waals surface area contributed by atoms with Crippen molar-refractivity contribution in [1.29, 1.82) is 0 Å². The van der Waals surface area contributed by atoms with E-state index >= 15 is 0 Å². The highest BCUT2D eigenvalue weighted by molar-refractivity contribution is 6.31. The van der Waals surface area contributed by atoms with Crippen LogP contribution in [-0.2, 0) is 29.7 Å². The molecule has 5 rings (SSSR count). The lowest BCUT2D eigenvalue weighted by Gasteiger charge is -2.42. The number of aryl methyl sites for hydroxylation is 1. The number of hydrogen-bond donors (Lipinski definition) is 0. The average Bonchev–Trinajstić information content (AvgIpc) is 3.58. The number of fused-ring (bicyclic) bond motifs is 1. The first-order valence-electron chi connectivity index (χ1n) is 12.7.